The van der Waals surface area contributed by atoms with Crippen LogP contribution in [0.4, 0.5) is 13.2 Å². The largest absolute Gasteiger partial charge is 0.504 e. The summed E-state index contributed by atoms with van der Waals surface area (Å²) in [5.74, 6) is -2.38. The fraction of sp³-hybridized carbons (Fsp3) is 0.167. The first kappa shape index (κ1) is 17.6. The number of carbonyl (C=O) groups is 1. The normalized spacial score (nSPS) is 12.1. The lowest BCUT2D eigenvalue weighted by atomic mass is 10.1. The minimum absolute atomic E-state index is 0.0217. The molecule has 24 heavy (non-hydrogen) atoms. The smallest absolute Gasteiger partial charge is 0.448 e. The molecule has 0 saturated heterocycles. The predicted octanol–water partition coefficient (Wildman–Crippen LogP) is 4.76. The van der Waals surface area contributed by atoms with Crippen LogP contribution in [0.1, 0.15) is 21.5 Å². The summed E-state index contributed by atoms with van der Waals surface area (Å²) in [7, 11) is 0. The highest BCUT2D eigenvalue weighted by Gasteiger charge is 2.34. The number of aryl methyl sites for hydroxylation is 1. The SMILES string of the molecule is Cc1ccc(COc2ccc(C(=O)/C=C(\O)C(F)(F)F)cc2)cc1. The average molecular weight is 336 g/mol. The molecule has 1 N–H and O–H groups in total. The van der Waals surface area contributed by atoms with Crippen molar-refractivity contribution in [3.63, 3.8) is 0 Å². The number of rotatable bonds is 5. The van der Waals surface area contributed by atoms with Crippen molar-refractivity contribution >= 4 is 5.78 Å². The number of halogens is 3. The van der Waals surface area contributed by atoms with E-state index < -0.39 is 17.7 Å². The lowest BCUT2D eigenvalue weighted by Crippen LogP contribution is -2.13. The van der Waals surface area contributed by atoms with Gasteiger partial charge in [-0.05, 0) is 36.8 Å². The molecule has 0 bridgehead atoms. The highest BCUT2D eigenvalue weighted by molar-refractivity contribution is 6.04. The fourth-order valence-electron chi connectivity index (χ4n) is 1.86. The molecule has 0 fully saturated rings. The van der Waals surface area contributed by atoms with Gasteiger partial charge >= 0.3 is 6.18 Å². The van der Waals surface area contributed by atoms with Gasteiger partial charge in [-0.3, -0.25) is 4.79 Å². The molecule has 0 aromatic heterocycles. The van der Waals surface area contributed by atoms with E-state index in [4.69, 9.17) is 9.84 Å². The Labute approximate surface area is 137 Å². The number of benzene rings is 2. The number of aliphatic hydroxyl groups excluding tert-OH is 1. The lowest BCUT2D eigenvalue weighted by Gasteiger charge is -2.07. The minimum Gasteiger partial charge on any atom is -0.504 e. The van der Waals surface area contributed by atoms with Crippen LogP contribution >= 0.6 is 0 Å². The molecule has 0 spiro atoms. The molecule has 0 radical (unpaired) electrons. The summed E-state index contributed by atoms with van der Waals surface area (Å²) >= 11 is 0. The van der Waals surface area contributed by atoms with Crippen molar-refractivity contribution in [2.24, 2.45) is 0 Å². The van der Waals surface area contributed by atoms with E-state index in [1.807, 2.05) is 31.2 Å². The number of ether oxygens (including phenoxy) is 1. The van der Waals surface area contributed by atoms with Gasteiger partial charge in [0, 0.05) is 11.6 Å². The number of carbonyl (C=O) groups excluding carboxylic acids is 1. The van der Waals surface area contributed by atoms with Crippen LogP contribution in [0.15, 0.2) is 60.4 Å². The van der Waals surface area contributed by atoms with Crippen molar-refractivity contribution in [1.82, 2.24) is 0 Å². The van der Waals surface area contributed by atoms with Gasteiger partial charge in [0.2, 0.25) is 5.76 Å². The monoisotopic (exact) mass is 336 g/mol. The summed E-state index contributed by atoms with van der Waals surface area (Å²) < 4.78 is 42.1. The van der Waals surface area contributed by atoms with Crippen LogP contribution < -0.4 is 4.74 Å². The van der Waals surface area contributed by atoms with Crippen molar-refractivity contribution in [2.75, 3.05) is 0 Å². The van der Waals surface area contributed by atoms with Gasteiger partial charge in [-0.1, -0.05) is 29.8 Å². The minimum atomic E-state index is -4.94. The third kappa shape index (κ3) is 4.87. The van der Waals surface area contributed by atoms with Gasteiger partial charge in [0.15, 0.2) is 5.78 Å². The van der Waals surface area contributed by atoms with E-state index in [1.165, 1.54) is 24.3 Å². The highest BCUT2D eigenvalue weighted by atomic mass is 19.4. The van der Waals surface area contributed by atoms with Crippen molar-refractivity contribution in [2.45, 2.75) is 19.7 Å². The maximum atomic E-state index is 12.2. The van der Waals surface area contributed by atoms with Crippen LogP contribution in [0.2, 0.25) is 0 Å². The van der Waals surface area contributed by atoms with Gasteiger partial charge in [0.05, 0.1) is 0 Å². The first-order valence-corrected chi connectivity index (χ1v) is 7.06. The number of hydrogen-bond donors (Lipinski definition) is 1. The van der Waals surface area contributed by atoms with E-state index >= 15 is 0 Å². The van der Waals surface area contributed by atoms with Gasteiger partial charge in [-0.2, -0.15) is 13.2 Å². The van der Waals surface area contributed by atoms with Gasteiger partial charge in [0.1, 0.15) is 12.4 Å². The first-order valence-electron chi connectivity index (χ1n) is 7.06. The lowest BCUT2D eigenvalue weighted by molar-refractivity contribution is -0.120. The Kier molecular flexibility index (Phi) is 5.28. The van der Waals surface area contributed by atoms with Gasteiger partial charge in [0.25, 0.3) is 0 Å². The summed E-state index contributed by atoms with van der Waals surface area (Å²) in [6, 6.07) is 13.4. The zero-order chi connectivity index (χ0) is 17.7. The van der Waals surface area contributed by atoms with Crippen molar-refractivity contribution in [3.05, 3.63) is 77.1 Å². The molecule has 0 atom stereocenters. The summed E-state index contributed by atoms with van der Waals surface area (Å²) in [5, 5.41) is 8.79. The first-order chi connectivity index (χ1) is 11.3. The number of alkyl halides is 3. The molecule has 3 nitrogen and oxygen atoms in total. The molecular weight excluding hydrogens is 321 g/mol. The number of allylic oxidation sites excluding steroid dienone is 2. The maximum absolute atomic E-state index is 12.2. The molecule has 0 amide bonds. The fourth-order valence-corrected chi connectivity index (χ4v) is 1.86. The number of aliphatic hydroxyl groups is 1. The Bertz CT molecular complexity index is 730. The van der Waals surface area contributed by atoms with E-state index in [0.29, 0.717) is 12.4 Å². The standard InChI is InChI=1S/C18H15F3O3/c1-12-2-4-13(5-3-12)11-24-15-8-6-14(7-9-15)16(22)10-17(23)18(19,20)21/h2-10,23H,11H2,1H3/b17-10-. The molecule has 0 unspecified atom stereocenters. The highest BCUT2D eigenvalue weighted by Crippen LogP contribution is 2.24. The van der Waals surface area contributed by atoms with Crippen molar-refractivity contribution in [1.29, 1.82) is 0 Å². The van der Waals surface area contributed by atoms with E-state index in [9.17, 15) is 18.0 Å². The zero-order valence-corrected chi connectivity index (χ0v) is 12.8. The van der Waals surface area contributed by atoms with Gasteiger partial charge in [-0.15, -0.1) is 0 Å². The molecule has 0 saturated carbocycles. The summed E-state index contributed by atoms with van der Waals surface area (Å²) in [6.45, 7) is 2.31. The molecule has 2 aromatic carbocycles. The van der Waals surface area contributed by atoms with Crippen LogP contribution in [0.25, 0.3) is 0 Å². The second-order valence-electron chi connectivity index (χ2n) is 5.19. The third-order valence-electron chi connectivity index (χ3n) is 3.22. The molecule has 0 aliphatic rings. The Morgan fingerprint density at radius 2 is 1.67 bits per heavy atom. The topological polar surface area (TPSA) is 46.5 Å². The van der Waals surface area contributed by atoms with E-state index in [2.05, 4.69) is 0 Å². The molecule has 0 aliphatic carbocycles. The van der Waals surface area contributed by atoms with Crippen molar-refractivity contribution < 1.29 is 27.8 Å². The van der Waals surface area contributed by atoms with E-state index in [0.717, 1.165) is 11.1 Å². The average Bonchev–Trinajstić information content (AvgIpc) is 2.54. The van der Waals surface area contributed by atoms with E-state index in [-0.39, 0.29) is 11.6 Å². The molecule has 0 heterocycles. The van der Waals surface area contributed by atoms with Gasteiger partial charge < -0.3 is 9.84 Å². The van der Waals surface area contributed by atoms with Crippen LogP contribution in [0.5, 0.6) is 5.75 Å². The molecular formula is C18H15F3O3. The Balaban J connectivity index is 2.00. The molecule has 0 aliphatic heterocycles. The Hall–Kier alpha value is -2.76. The zero-order valence-electron chi connectivity index (χ0n) is 12.8. The maximum Gasteiger partial charge on any atom is 0.448 e. The molecule has 2 aromatic rings. The molecule has 6 heteroatoms. The third-order valence-corrected chi connectivity index (χ3v) is 3.22. The quantitative estimate of drug-likeness (QED) is 0.486. The second kappa shape index (κ2) is 7.21. The second-order valence-corrected chi connectivity index (χ2v) is 5.19. The van der Waals surface area contributed by atoms with Crippen LogP contribution in [0, 0.1) is 6.92 Å². The Morgan fingerprint density at radius 1 is 1.08 bits per heavy atom. The van der Waals surface area contributed by atoms with Crippen LogP contribution in [0.3, 0.4) is 0 Å². The van der Waals surface area contributed by atoms with E-state index in [1.54, 1.807) is 0 Å². The number of ketones is 1. The Morgan fingerprint density at radius 3 is 2.21 bits per heavy atom. The molecule has 2 rings (SSSR count). The molecule has 126 valence electrons. The summed E-state index contributed by atoms with van der Waals surface area (Å²) in [6.07, 6.45) is -4.78. The summed E-state index contributed by atoms with van der Waals surface area (Å²) in [5.41, 5.74) is 2.13. The predicted molar refractivity (Wildman–Crippen MR) is 83.1 cm³/mol. The van der Waals surface area contributed by atoms with Gasteiger partial charge in [-0.25, -0.2) is 0 Å². The van der Waals surface area contributed by atoms with Crippen LogP contribution in [-0.4, -0.2) is 17.1 Å². The number of hydrogen-bond acceptors (Lipinski definition) is 3. The van der Waals surface area contributed by atoms with Crippen molar-refractivity contribution in [3.8, 4) is 5.75 Å². The summed E-state index contributed by atoms with van der Waals surface area (Å²) in [4.78, 5) is 11.6. The van der Waals surface area contributed by atoms with Crippen LogP contribution in [-0.2, 0) is 6.61 Å².